The van der Waals surface area contributed by atoms with Crippen molar-refractivity contribution >= 4 is 10.8 Å². The molecule has 0 radical (unpaired) electrons. The molecule has 0 N–H and O–H groups in total. The first-order valence-corrected chi connectivity index (χ1v) is 7.54. The fourth-order valence-electron chi connectivity index (χ4n) is 3.24. The Hall–Kier alpha value is -2.05. The fourth-order valence-corrected chi connectivity index (χ4v) is 3.24. The number of fused-ring (bicyclic) bond motifs is 1. The molecular formula is C18H20N2O. The van der Waals surface area contributed by atoms with Gasteiger partial charge in [0.05, 0.1) is 13.2 Å². The Balaban J connectivity index is 2.08. The maximum atomic E-state index is 9.69. The number of benzene rings is 2. The van der Waals surface area contributed by atoms with E-state index in [4.69, 9.17) is 4.74 Å². The van der Waals surface area contributed by atoms with Crippen molar-refractivity contribution in [2.45, 2.75) is 25.3 Å². The molecule has 1 saturated heterocycles. The smallest absolute Gasteiger partial charge is 0.126 e. The van der Waals surface area contributed by atoms with Crippen molar-refractivity contribution in [2.24, 2.45) is 0 Å². The zero-order valence-corrected chi connectivity index (χ0v) is 12.4. The summed E-state index contributed by atoms with van der Waals surface area (Å²) in [7, 11) is 1.69. The molecule has 1 unspecified atom stereocenters. The van der Waals surface area contributed by atoms with Crippen LogP contribution in [-0.2, 0) is 0 Å². The molecule has 0 bridgehead atoms. The predicted molar refractivity (Wildman–Crippen MR) is 84.3 cm³/mol. The summed E-state index contributed by atoms with van der Waals surface area (Å²) in [6.07, 6.45) is 3.65. The van der Waals surface area contributed by atoms with E-state index in [1.54, 1.807) is 7.11 Å². The second-order valence-electron chi connectivity index (χ2n) is 5.53. The minimum Gasteiger partial charge on any atom is -0.496 e. The highest BCUT2D eigenvalue weighted by Crippen LogP contribution is 2.34. The molecule has 0 aliphatic carbocycles. The number of nitriles is 1. The largest absolute Gasteiger partial charge is 0.496 e. The summed E-state index contributed by atoms with van der Waals surface area (Å²) in [5.41, 5.74) is 1.09. The molecule has 1 heterocycles. The van der Waals surface area contributed by atoms with E-state index >= 15 is 0 Å². The maximum Gasteiger partial charge on any atom is 0.126 e. The highest BCUT2D eigenvalue weighted by Gasteiger charge is 2.24. The van der Waals surface area contributed by atoms with E-state index in [0.29, 0.717) is 0 Å². The Kier molecular flexibility index (Phi) is 4.08. The van der Waals surface area contributed by atoms with Crippen molar-refractivity contribution in [1.29, 1.82) is 5.26 Å². The lowest BCUT2D eigenvalue weighted by Crippen LogP contribution is -2.33. The summed E-state index contributed by atoms with van der Waals surface area (Å²) in [6, 6.07) is 14.5. The summed E-state index contributed by atoms with van der Waals surface area (Å²) in [6.45, 7) is 2.02. The van der Waals surface area contributed by atoms with Crippen molar-refractivity contribution in [2.75, 3.05) is 20.2 Å². The lowest BCUT2D eigenvalue weighted by molar-refractivity contribution is 0.197. The Morgan fingerprint density at radius 2 is 1.76 bits per heavy atom. The highest BCUT2D eigenvalue weighted by molar-refractivity contribution is 5.91. The molecule has 0 amide bonds. The molecule has 21 heavy (non-hydrogen) atoms. The van der Waals surface area contributed by atoms with Crippen molar-refractivity contribution in [1.82, 2.24) is 4.90 Å². The second-order valence-corrected chi connectivity index (χ2v) is 5.53. The zero-order valence-electron chi connectivity index (χ0n) is 12.4. The molecular weight excluding hydrogens is 260 g/mol. The quantitative estimate of drug-likeness (QED) is 0.855. The third-order valence-corrected chi connectivity index (χ3v) is 4.31. The van der Waals surface area contributed by atoms with Crippen molar-refractivity contribution in [3.05, 3.63) is 42.0 Å². The van der Waals surface area contributed by atoms with Crippen molar-refractivity contribution < 1.29 is 4.74 Å². The van der Waals surface area contributed by atoms with Gasteiger partial charge in [0.15, 0.2) is 0 Å². The van der Waals surface area contributed by atoms with Crippen molar-refractivity contribution in [3.8, 4) is 11.8 Å². The first-order chi connectivity index (χ1) is 10.3. The van der Waals surface area contributed by atoms with Crippen molar-refractivity contribution in [3.63, 3.8) is 0 Å². The predicted octanol–water partition coefficient (Wildman–Crippen LogP) is 3.90. The summed E-state index contributed by atoms with van der Waals surface area (Å²) >= 11 is 0. The number of hydrogen-bond acceptors (Lipinski definition) is 3. The topological polar surface area (TPSA) is 36.3 Å². The van der Waals surface area contributed by atoms with E-state index < -0.39 is 0 Å². The Bertz CT molecular complexity index is 668. The van der Waals surface area contributed by atoms with E-state index in [1.165, 1.54) is 19.3 Å². The standard InChI is InChI=1S/C18H20N2O/c1-21-18-10-9-15(14-7-3-4-8-16(14)18)17(13-19)20-11-5-2-6-12-20/h3-4,7-10,17H,2,5-6,11-12H2,1H3. The zero-order chi connectivity index (χ0) is 14.7. The van der Waals surface area contributed by atoms with Crippen LogP contribution >= 0.6 is 0 Å². The average Bonchev–Trinajstić information content (AvgIpc) is 2.56. The SMILES string of the molecule is COc1ccc(C(C#N)N2CCCCC2)c2ccccc12. The van der Waals surface area contributed by atoms with E-state index in [1.807, 2.05) is 24.3 Å². The Morgan fingerprint density at radius 1 is 1.05 bits per heavy atom. The molecule has 3 rings (SSSR count). The van der Waals surface area contributed by atoms with Crippen LogP contribution in [0.4, 0.5) is 0 Å². The molecule has 108 valence electrons. The van der Waals surface area contributed by atoms with Crippen LogP contribution in [0, 0.1) is 11.3 Å². The number of nitrogens with zero attached hydrogens (tertiary/aromatic N) is 2. The Labute approximate surface area is 125 Å². The molecule has 1 aliphatic rings. The maximum absolute atomic E-state index is 9.69. The van der Waals surface area contributed by atoms with E-state index in [2.05, 4.69) is 23.1 Å². The summed E-state index contributed by atoms with van der Waals surface area (Å²) in [5, 5.41) is 11.9. The third-order valence-electron chi connectivity index (χ3n) is 4.31. The molecule has 0 aromatic heterocycles. The monoisotopic (exact) mass is 280 g/mol. The van der Waals surface area contributed by atoms with Crippen LogP contribution in [-0.4, -0.2) is 25.1 Å². The van der Waals surface area contributed by atoms with Crippen LogP contribution in [0.3, 0.4) is 0 Å². The molecule has 3 nitrogen and oxygen atoms in total. The minimum absolute atomic E-state index is 0.166. The lowest BCUT2D eigenvalue weighted by atomic mass is 9.96. The lowest BCUT2D eigenvalue weighted by Gasteiger charge is -2.31. The number of hydrogen-bond donors (Lipinski definition) is 0. The third kappa shape index (κ3) is 2.59. The molecule has 1 atom stereocenters. The molecule has 2 aromatic carbocycles. The summed E-state index contributed by atoms with van der Waals surface area (Å²) in [5.74, 6) is 0.865. The number of piperidine rings is 1. The number of ether oxygens (including phenoxy) is 1. The molecule has 0 saturated carbocycles. The molecule has 1 fully saturated rings. The van der Waals surface area contributed by atoms with E-state index in [9.17, 15) is 5.26 Å². The van der Waals surface area contributed by atoms with Crippen LogP contribution in [0.1, 0.15) is 30.9 Å². The van der Waals surface area contributed by atoms with Gasteiger partial charge < -0.3 is 4.74 Å². The van der Waals surface area contributed by atoms with Gasteiger partial charge in [-0.3, -0.25) is 4.90 Å². The normalized spacial score (nSPS) is 17.3. The fraction of sp³-hybridized carbons (Fsp3) is 0.389. The van der Waals surface area contributed by atoms with Gasteiger partial charge in [-0.15, -0.1) is 0 Å². The van der Waals surface area contributed by atoms with Gasteiger partial charge in [-0.2, -0.15) is 5.26 Å². The highest BCUT2D eigenvalue weighted by atomic mass is 16.5. The number of methoxy groups -OCH3 is 1. The Morgan fingerprint density at radius 3 is 2.43 bits per heavy atom. The summed E-state index contributed by atoms with van der Waals surface area (Å²) in [4.78, 5) is 2.30. The van der Waals surface area contributed by atoms with Gasteiger partial charge in [0.25, 0.3) is 0 Å². The van der Waals surface area contributed by atoms with Crippen LogP contribution in [0.5, 0.6) is 5.75 Å². The molecule has 0 spiro atoms. The second kappa shape index (κ2) is 6.15. The van der Waals surface area contributed by atoms with E-state index in [0.717, 1.165) is 35.2 Å². The average molecular weight is 280 g/mol. The van der Waals surface area contributed by atoms with Crippen LogP contribution in [0.2, 0.25) is 0 Å². The van der Waals surface area contributed by atoms with Crippen LogP contribution in [0.25, 0.3) is 10.8 Å². The van der Waals surface area contributed by atoms with Gasteiger partial charge in [-0.1, -0.05) is 36.8 Å². The van der Waals surface area contributed by atoms with Gasteiger partial charge in [0, 0.05) is 5.39 Å². The van der Waals surface area contributed by atoms with Gasteiger partial charge in [-0.25, -0.2) is 0 Å². The molecule has 2 aromatic rings. The van der Waals surface area contributed by atoms with Gasteiger partial charge in [0.1, 0.15) is 11.8 Å². The van der Waals surface area contributed by atoms with Gasteiger partial charge in [-0.05, 0) is 42.9 Å². The van der Waals surface area contributed by atoms with E-state index in [-0.39, 0.29) is 6.04 Å². The van der Waals surface area contributed by atoms with Gasteiger partial charge in [0.2, 0.25) is 0 Å². The van der Waals surface area contributed by atoms with Crippen LogP contribution < -0.4 is 4.74 Å². The first kappa shape index (κ1) is 13.9. The number of rotatable bonds is 3. The summed E-state index contributed by atoms with van der Waals surface area (Å²) < 4.78 is 5.44. The molecule has 1 aliphatic heterocycles. The first-order valence-electron chi connectivity index (χ1n) is 7.54. The molecule has 3 heteroatoms. The minimum atomic E-state index is -0.166. The van der Waals surface area contributed by atoms with Crippen LogP contribution in [0.15, 0.2) is 36.4 Å². The van der Waals surface area contributed by atoms with Gasteiger partial charge >= 0.3 is 0 Å². The number of likely N-dealkylation sites (tertiary alicyclic amines) is 1.